The number of aromatic nitrogens is 1. The zero-order valence-electron chi connectivity index (χ0n) is 9.77. The van der Waals surface area contributed by atoms with Crippen molar-refractivity contribution >= 4 is 33.3 Å². The van der Waals surface area contributed by atoms with E-state index in [4.69, 9.17) is 5.73 Å². The molecule has 0 spiro atoms. The van der Waals surface area contributed by atoms with Crippen LogP contribution >= 0.6 is 15.9 Å². The van der Waals surface area contributed by atoms with Crippen LogP contribution in [0.3, 0.4) is 0 Å². The number of nitrogens with two attached hydrogens (primary N) is 1. The van der Waals surface area contributed by atoms with Crippen molar-refractivity contribution in [3.05, 3.63) is 52.1 Å². The maximum Gasteiger partial charge on any atom is 0.257 e. The van der Waals surface area contributed by atoms with E-state index in [1.54, 1.807) is 30.5 Å². The quantitative estimate of drug-likeness (QED) is 0.838. The predicted molar refractivity (Wildman–Crippen MR) is 75.5 cm³/mol. The van der Waals surface area contributed by atoms with Crippen LogP contribution in [0.15, 0.2) is 41.0 Å². The molecule has 5 heteroatoms. The van der Waals surface area contributed by atoms with Gasteiger partial charge in [0.25, 0.3) is 5.91 Å². The molecule has 0 radical (unpaired) electrons. The molecule has 1 aromatic carbocycles. The summed E-state index contributed by atoms with van der Waals surface area (Å²) >= 11 is 3.29. The summed E-state index contributed by atoms with van der Waals surface area (Å²) in [6.07, 6.45) is 1.63. The van der Waals surface area contributed by atoms with Crippen LogP contribution in [0.1, 0.15) is 15.9 Å². The van der Waals surface area contributed by atoms with Crippen molar-refractivity contribution < 1.29 is 4.79 Å². The molecule has 2 rings (SSSR count). The topological polar surface area (TPSA) is 68.0 Å². The highest BCUT2D eigenvalue weighted by Crippen LogP contribution is 2.15. The van der Waals surface area contributed by atoms with E-state index in [1.165, 1.54) is 0 Å². The molecule has 1 amide bonds. The molecule has 0 saturated heterocycles. The van der Waals surface area contributed by atoms with Gasteiger partial charge in [0.2, 0.25) is 0 Å². The second-order valence-electron chi connectivity index (χ2n) is 3.89. The Morgan fingerprint density at radius 1 is 1.33 bits per heavy atom. The number of nitrogens with zero attached hydrogens (tertiary/aromatic N) is 1. The minimum Gasteiger partial charge on any atom is -0.399 e. The number of aryl methyl sites for hydroxylation is 1. The zero-order valence-corrected chi connectivity index (χ0v) is 11.4. The number of hydrogen-bond donors (Lipinski definition) is 2. The lowest BCUT2D eigenvalue weighted by molar-refractivity contribution is 0.102. The third-order valence-corrected chi connectivity index (χ3v) is 2.93. The normalized spacial score (nSPS) is 10.1. The number of nitrogens with one attached hydrogen (secondary N) is 1. The van der Waals surface area contributed by atoms with Crippen molar-refractivity contribution in [2.45, 2.75) is 6.92 Å². The standard InChI is InChI=1S/C13H12BrN3O/c1-8-6-10(15)3-4-11(8)13(18)17-12-5-2-9(14)7-16-12/h2-7H,15H2,1H3,(H,16,17,18). The van der Waals surface area contributed by atoms with Crippen LogP contribution in [0.2, 0.25) is 0 Å². The summed E-state index contributed by atoms with van der Waals surface area (Å²) in [5.41, 5.74) is 7.72. The number of rotatable bonds is 2. The maximum absolute atomic E-state index is 12.0. The number of halogens is 1. The Balaban J connectivity index is 2.19. The Kier molecular flexibility index (Phi) is 3.62. The maximum atomic E-state index is 12.0. The van der Waals surface area contributed by atoms with E-state index in [1.807, 2.05) is 13.0 Å². The van der Waals surface area contributed by atoms with Gasteiger partial charge in [-0.15, -0.1) is 0 Å². The predicted octanol–water partition coefficient (Wildman–Crippen LogP) is 2.99. The number of amides is 1. The van der Waals surface area contributed by atoms with Gasteiger partial charge < -0.3 is 11.1 Å². The molecule has 1 aromatic heterocycles. The van der Waals surface area contributed by atoms with E-state index < -0.39 is 0 Å². The molecule has 4 nitrogen and oxygen atoms in total. The van der Waals surface area contributed by atoms with Crippen molar-refractivity contribution in [1.29, 1.82) is 0 Å². The fourth-order valence-electron chi connectivity index (χ4n) is 1.58. The van der Waals surface area contributed by atoms with Gasteiger partial charge in [-0.25, -0.2) is 4.98 Å². The van der Waals surface area contributed by atoms with E-state index in [-0.39, 0.29) is 5.91 Å². The first-order valence-corrected chi connectivity index (χ1v) is 6.14. The third-order valence-electron chi connectivity index (χ3n) is 2.46. The average molecular weight is 306 g/mol. The van der Waals surface area contributed by atoms with Gasteiger partial charge >= 0.3 is 0 Å². The molecule has 92 valence electrons. The van der Waals surface area contributed by atoms with Gasteiger partial charge in [0.15, 0.2) is 0 Å². The van der Waals surface area contributed by atoms with Crippen molar-refractivity contribution in [3.63, 3.8) is 0 Å². The monoisotopic (exact) mass is 305 g/mol. The van der Waals surface area contributed by atoms with Crippen LogP contribution in [-0.4, -0.2) is 10.9 Å². The van der Waals surface area contributed by atoms with Crippen molar-refractivity contribution in [2.24, 2.45) is 0 Å². The van der Waals surface area contributed by atoms with Gasteiger partial charge in [0, 0.05) is 21.9 Å². The summed E-state index contributed by atoms with van der Waals surface area (Å²) in [7, 11) is 0. The first-order valence-electron chi connectivity index (χ1n) is 5.35. The summed E-state index contributed by atoms with van der Waals surface area (Å²) in [4.78, 5) is 16.1. The van der Waals surface area contributed by atoms with E-state index in [2.05, 4.69) is 26.2 Å². The van der Waals surface area contributed by atoms with Crippen LogP contribution in [0.5, 0.6) is 0 Å². The molecule has 0 saturated carbocycles. The average Bonchev–Trinajstić information content (AvgIpc) is 2.32. The Labute approximate surface area is 113 Å². The van der Waals surface area contributed by atoms with Crippen molar-refractivity contribution in [3.8, 4) is 0 Å². The van der Waals surface area contributed by atoms with Crippen LogP contribution < -0.4 is 11.1 Å². The molecule has 0 aliphatic heterocycles. The zero-order chi connectivity index (χ0) is 13.1. The van der Waals surface area contributed by atoms with Gasteiger partial charge in [-0.05, 0) is 58.7 Å². The van der Waals surface area contributed by atoms with Gasteiger partial charge in [0.1, 0.15) is 5.82 Å². The Bertz CT molecular complexity index is 581. The van der Waals surface area contributed by atoms with Crippen LogP contribution in [-0.2, 0) is 0 Å². The number of carbonyl (C=O) groups excluding carboxylic acids is 1. The fraction of sp³-hybridized carbons (Fsp3) is 0.0769. The molecule has 2 aromatic rings. The lowest BCUT2D eigenvalue weighted by atomic mass is 10.1. The van der Waals surface area contributed by atoms with Gasteiger partial charge in [-0.2, -0.15) is 0 Å². The molecule has 0 aliphatic rings. The highest BCUT2D eigenvalue weighted by atomic mass is 79.9. The van der Waals surface area contributed by atoms with E-state index in [0.29, 0.717) is 17.1 Å². The first kappa shape index (κ1) is 12.6. The molecule has 0 aliphatic carbocycles. The minimum atomic E-state index is -0.192. The SMILES string of the molecule is Cc1cc(N)ccc1C(=O)Nc1ccc(Br)cn1. The minimum absolute atomic E-state index is 0.192. The number of anilines is 2. The number of pyridine rings is 1. The largest absolute Gasteiger partial charge is 0.399 e. The number of nitrogen functional groups attached to an aromatic ring is 1. The second-order valence-corrected chi connectivity index (χ2v) is 4.81. The van der Waals surface area contributed by atoms with E-state index in [0.717, 1.165) is 10.0 Å². The third kappa shape index (κ3) is 2.87. The molecule has 18 heavy (non-hydrogen) atoms. The second kappa shape index (κ2) is 5.18. The lowest BCUT2D eigenvalue weighted by Crippen LogP contribution is -2.14. The summed E-state index contributed by atoms with van der Waals surface area (Å²) in [5.74, 6) is 0.321. The molecule has 0 unspecified atom stereocenters. The molecular weight excluding hydrogens is 294 g/mol. The number of benzene rings is 1. The van der Waals surface area contributed by atoms with Gasteiger partial charge in [-0.1, -0.05) is 0 Å². The highest BCUT2D eigenvalue weighted by molar-refractivity contribution is 9.10. The lowest BCUT2D eigenvalue weighted by Gasteiger charge is -2.07. The van der Waals surface area contributed by atoms with Crippen LogP contribution in [0.25, 0.3) is 0 Å². The van der Waals surface area contributed by atoms with Crippen molar-refractivity contribution in [2.75, 3.05) is 11.1 Å². The van der Waals surface area contributed by atoms with Crippen LogP contribution in [0.4, 0.5) is 11.5 Å². The van der Waals surface area contributed by atoms with Crippen molar-refractivity contribution in [1.82, 2.24) is 4.98 Å². The summed E-state index contributed by atoms with van der Waals surface area (Å²) in [6, 6.07) is 8.73. The molecular formula is C13H12BrN3O. The molecule has 0 atom stereocenters. The highest BCUT2D eigenvalue weighted by Gasteiger charge is 2.09. The van der Waals surface area contributed by atoms with Gasteiger partial charge in [-0.3, -0.25) is 4.79 Å². The van der Waals surface area contributed by atoms with Crippen LogP contribution in [0, 0.1) is 6.92 Å². The smallest absolute Gasteiger partial charge is 0.257 e. The summed E-state index contributed by atoms with van der Waals surface area (Å²) < 4.78 is 0.865. The fourth-order valence-corrected chi connectivity index (χ4v) is 1.81. The summed E-state index contributed by atoms with van der Waals surface area (Å²) in [5, 5.41) is 2.73. The number of carbonyl (C=O) groups is 1. The van der Waals surface area contributed by atoms with Gasteiger partial charge in [0.05, 0.1) is 0 Å². The molecule has 0 bridgehead atoms. The number of hydrogen-bond acceptors (Lipinski definition) is 3. The Hall–Kier alpha value is -1.88. The molecule has 3 N–H and O–H groups in total. The molecule has 0 fully saturated rings. The van der Waals surface area contributed by atoms with E-state index >= 15 is 0 Å². The summed E-state index contributed by atoms with van der Waals surface area (Å²) in [6.45, 7) is 1.85. The molecule has 1 heterocycles. The Morgan fingerprint density at radius 2 is 2.11 bits per heavy atom. The Morgan fingerprint density at radius 3 is 2.72 bits per heavy atom. The van der Waals surface area contributed by atoms with E-state index in [9.17, 15) is 4.79 Å². The first-order chi connectivity index (χ1) is 8.56.